The van der Waals surface area contributed by atoms with Crippen LogP contribution in [-0.2, 0) is 17.1 Å². The summed E-state index contributed by atoms with van der Waals surface area (Å²) in [6.07, 6.45) is -9.11. The van der Waals surface area contributed by atoms with Crippen LogP contribution >= 0.6 is 0 Å². The van der Waals surface area contributed by atoms with Crippen molar-refractivity contribution in [2.75, 3.05) is 31.1 Å². The standard InChI is InChI=1S/C23H20F8N2O/c1-13-2-5-16(23(29,30)31)12-17(13)32-8-10-33(11-9-32)20(34)19-18(21(19,24)25)14-3-6-15(7-4-14)22(26,27)28/h2-7,12,18-19H,8-11H2,1H3. The molecule has 1 heterocycles. The van der Waals surface area contributed by atoms with Crippen molar-refractivity contribution >= 4 is 11.6 Å². The molecule has 11 heteroatoms. The lowest BCUT2D eigenvalue weighted by molar-refractivity contribution is -0.138. The fourth-order valence-corrected chi connectivity index (χ4v) is 4.42. The SMILES string of the molecule is Cc1ccc(C(F)(F)F)cc1N1CCN(C(=O)C2C(c3ccc(C(F)(F)F)cc3)C2(F)F)CC1. The van der Waals surface area contributed by atoms with E-state index in [1.54, 1.807) is 11.8 Å². The van der Waals surface area contributed by atoms with Gasteiger partial charge in [0.05, 0.1) is 17.0 Å². The number of amides is 1. The average Bonchev–Trinajstić information content (AvgIpc) is 3.34. The summed E-state index contributed by atoms with van der Waals surface area (Å²) < 4.78 is 106. The molecule has 2 aliphatic rings. The molecule has 2 atom stereocenters. The number of rotatable bonds is 3. The van der Waals surface area contributed by atoms with Crippen LogP contribution in [0, 0.1) is 12.8 Å². The maximum atomic E-state index is 14.5. The monoisotopic (exact) mass is 492 g/mol. The third-order valence-corrected chi connectivity index (χ3v) is 6.39. The van der Waals surface area contributed by atoms with Crippen molar-refractivity contribution < 1.29 is 39.9 Å². The molecule has 0 spiro atoms. The number of hydrogen-bond acceptors (Lipinski definition) is 2. The summed E-state index contributed by atoms with van der Waals surface area (Å²) in [7, 11) is 0. The number of halogens is 8. The molecule has 4 rings (SSSR count). The zero-order valence-corrected chi connectivity index (χ0v) is 17.9. The topological polar surface area (TPSA) is 23.6 Å². The first-order valence-corrected chi connectivity index (χ1v) is 10.5. The van der Waals surface area contributed by atoms with E-state index in [2.05, 4.69) is 0 Å². The van der Waals surface area contributed by atoms with E-state index in [4.69, 9.17) is 0 Å². The van der Waals surface area contributed by atoms with Crippen molar-refractivity contribution in [2.24, 2.45) is 5.92 Å². The Morgan fingerprint density at radius 3 is 1.91 bits per heavy atom. The summed E-state index contributed by atoms with van der Waals surface area (Å²) in [5.41, 5.74) is -0.840. The number of carbonyl (C=O) groups excluding carboxylic acids is 1. The fourth-order valence-electron chi connectivity index (χ4n) is 4.42. The first kappa shape index (κ1) is 24.3. The minimum absolute atomic E-state index is 0.0425. The van der Waals surface area contributed by atoms with E-state index in [-0.39, 0.29) is 31.7 Å². The molecule has 184 valence electrons. The van der Waals surface area contributed by atoms with Gasteiger partial charge in [0.15, 0.2) is 0 Å². The fraction of sp³-hybridized carbons (Fsp3) is 0.435. The lowest BCUT2D eigenvalue weighted by Gasteiger charge is -2.37. The van der Waals surface area contributed by atoms with E-state index in [0.717, 1.165) is 24.3 Å². The quantitative estimate of drug-likeness (QED) is 0.511. The molecule has 1 saturated carbocycles. The van der Waals surface area contributed by atoms with Crippen LogP contribution in [0.2, 0.25) is 0 Å². The molecular formula is C23H20F8N2O. The van der Waals surface area contributed by atoms with Crippen LogP contribution in [0.1, 0.15) is 28.2 Å². The number of nitrogens with zero attached hydrogens (tertiary/aromatic N) is 2. The largest absolute Gasteiger partial charge is 0.416 e. The molecule has 1 aliphatic carbocycles. The second-order valence-electron chi connectivity index (χ2n) is 8.56. The summed E-state index contributed by atoms with van der Waals surface area (Å²) in [6.45, 7) is 2.07. The molecule has 2 aromatic carbocycles. The number of benzene rings is 2. The highest BCUT2D eigenvalue weighted by molar-refractivity contribution is 5.85. The summed E-state index contributed by atoms with van der Waals surface area (Å²) in [6, 6.07) is 6.71. The number of piperazine rings is 1. The predicted octanol–water partition coefficient (Wildman–Crippen LogP) is 5.73. The van der Waals surface area contributed by atoms with Gasteiger partial charge in [0, 0.05) is 31.9 Å². The van der Waals surface area contributed by atoms with Crippen molar-refractivity contribution in [3.8, 4) is 0 Å². The van der Waals surface area contributed by atoms with Crippen molar-refractivity contribution in [3.63, 3.8) is 0 Å². The van der Waals surface area contributed by atoms with Crippen molar-refractivity contribution in [1.29, 1.82) is 0 Å². The van der Waals surface area contributed by atoms with Gasteiger partial charge in [-0.25, -0.2) is 8.78 Å². The van der Waals surface area contributed by atoms with Crippen LogP contribution in [0.25, 0.3) is 0 Å². The van der Waals surface area contributed by atoms with Gasteiger partial charge in [-0.15, -0.1) is 0 Å². The zero-order chi connectivity index (χ0) is 25.1. The molecule has 0 aromatic heterocycles. The molecule has 1 amide bonds. The molecule has 0 bridgehead atoms. The molecule has 3 nitrogen and oxygen atoms in total. The highest BCUT2D eigenvalue weighted by atomic mass is 19.4. The third-order valence-electron chi connectivity index (χ3n) is 6.39. The molecule has 1 aliphatic heterocycles. The average molecular weight is 492 g/mol. The first-order chi connectivity index (χ1) is 15.7. The van der Waals surface area contributed by atoms with Crippen LogP contribution in [0.5, 0.6) is 0 Å². The highest BCUT2D eigenvalue weighted by Gasteiger charge is 2.73. The number of hydrogen-bond donors (Lipinski definition) is 0. The van der Waals surface area contributed by atoms with Crippen LogP contribution in [0.15, 0.2) is 42.5 Å². The van der Waals surface area contributed by atoms with Gasteiger partial charge in [-0.1, -0.05) is 18.2 Å². The third kappa shape index (κ3) is 4.44. The second kappa shape index (κ2) is 8.13. The van der Waals surface area contributed by atoms with Gasteiger partial charge in [0.25, 0.3) is 5.92 Å². The summed E-state index contributed by atoms with van der Waals surface area (Å²) in [4.78, 5) is 15.7. The van der Waals surface area contributed by atoms with Crippen LogP contribution in [-0.4, -0.2) is 42.9 Å². The number of anilines is 1. The van der Waals surface area contributed by atoms with E-state index in [0.29, 0.717) is 23.4 Å². The Bertz CT molecular complexity index is 1070. The van der Waals surface area contributed by atoms with E-state index < -0.39 is 47.1 Å². The van der Waals surface area contributed by atoms with E-state index in [9.17, 15) is 39.9 Å². The normalized spacial score (nSPS) is 22.6. The molecule has 0 N–H and O–H groups in total. The van der Waals surface area contributed by atoms with Crippen molar-refractivity contribution in [3.05, 3.63) is 64.7 Å². The van der Waals surface area contributed by atoms with Crippen molar-refractivity contribution in [2.45, 2.75) is 31.1 Å². The van der Waals surface area contributed by atoms with Gasteiger partial charge < -0.3 is 9.80 Å². The lowest BCUT2D eigenvalue weighted by atomic mass is 10.1. The first-order valence-electron chi connectivity index (χ1n) is 10.5. The second-order valence-corrected chi connectivity index (χ2v) is 8.56. The molecule has 2 fully saturated rings. The van der Waals surface area contributed by atoms with Crippen molar-refractivity contribution in [1.82, 2.24) is 4.90 Å². The maximum absolute atomic E-state index is 14.5. The van der Waals surface area contributed by atoms with Gasteiger partial charge in [0.2, 0.25) is 5.91 Å². The molecule has 2 aromatic rings. The van der Waals surface area contributed by atoms with Gasteiger partial charge in [-0.05, 0) is 42.3 Å². The Labute approximate surface area is 189 Å². The van der Waals surface area contributed by atoms with Gasteiger partial charge in [0.1, 0.15) is 5.92 Å². The lowest BCUT2D eigenvalue weighted by Crippen LogP contribution is -2.50. The summed E-state index contributed by atoms with van der Waals surface area (Å²) >= 11 is 0. The molecule has 1 saturated heterocycles. The maximum Gasteiger partial charge on any atom is 0.416 e. The summed E-state index contributed by atoms with van der Waals surface area (Å²) in [5.74, 6) is -7.38. The molecule has 2 unspecified atom stereocenters. The minimum atomic E-state index is -4.60. The van der Waals surface area contributed by atoms with E-state index >= 15 is 0 Å². The van der Waals surface area contributed by atoms with Crippen LogP contribution in [0.4, 0.5) is 40.8 Å². The highest BCUT2D eigenvalue weighted by Crippen LogP contribution is 2.62. The van der Waals surface area contributed by atoms with E-state index in [1.165, 1.54) is 11.0 Å². The Morgan fingerprint density at radius 1 is 0.853 bits per heavy atom. The van der Waals surface area contributed by atoms with Crippen LogP contribution in [0.3, 0.4) is 0 Å². The van der Waals surface area contributed by atoms with Gasteiger partial charge in [-0.3, -0.25) is 4.79 Å². The minimum Gasteiger partial charge on any atom is -0.368 e. The Kier molecular flexibility index (Phi) is 5.80. The van der Waals surface area contributed by atoms with E-state index in [1.807, 2.05) is 0 Å². The molecule has 34 heavy (non-hydrogen) atoms. The zero-order valence-electron chi connectivity index (χ0n) is 17.9. The Hall–Kier alpha value is -2.85. The number of alkyl halides is 8. The number of aryl methyl sites for hydroxylation is 1. The molecule has 0 radical (unpaired) electrons. The van der Waals surface area contributed by atoms with Gasteiger partial charge >= 0.3 is 12.4 Å². The Balaban J connectivity index is 1.43. The number of carbonyl (C=O) groups is 1. The van der Waals surface area contributed by atoms with Crippen LogP contribution < -0.4 is 4.90 Å². The Morgan fingerprint density at radius 2 is 1.38 bits per heavy atom. The molecular weight excluding hydrogens is 472 g/mol. The predicted molar refractivity (Wildman–Crippen MR) is 108 cm³/mol. The summed E-state index contributed by atoms with van der Waals surface area (Å²) in [5, 5.41) is 0. The smallest absolute Gasteiger partial charge is 0.368 e. The van der Waals surface area contributed by atoms with Gasteiger partial charge in [-0.2, -0.15) is 26.3 Å².